The molecular formula is C31H33F2N7. The van der Waals surface area contributed by atoms with Crippen LogP contribution in [0.2, 0.25) is 0 Å². The van der Waals surface area contributed by atoms with Gasteiger partial charge in [-0.05, 0) is 81.2 Å². The fourth-order valence-electron chi connectivity index (χ4n) is 6.02. The van der Waals surface area contributed by atoms with Crippen molar-refractivity contribution >= 4 is 11.3 Å². The van der Waals surface area contributed by atoms with Crippen LogP contribution in [-0.2, 0) is 6.54 Å². The summed E-state index contributed by atoms with van der Waals surface area (Å²) < 4.78 is 30.1. The molecule has 6 rings (SSSR count). The Morgan fingerprint density at radius 1 is 0.975 bits per heavy atom. The molecule has 206 valence electrons. The van der Waals surface area contributed by atoms with E-state index in [4.69, 9.17) is 4.98 Å². The van der Waals surface area contributed by atoms with Crippen molar-refractivity contribution < 1.29 is 8.78 Å². The Labute approximate surface area is 233 Å². The maximum absolute atomic E-state index is 14.1. The summed E-state index contributed by atoms with van der Waals surface area (Å²) in [5.74, 6) is 0.321. The van der Waals surface area contributed by atoms with Crippen LogP contribution < -0.4 is 4.90 Å². The lowest BCUT2D eigenvalue weighted by molar-refractivity contribution is 0.242. The van der Waals surface area contributed by atoms with Crippen LogP contribution in [0.5, 0.6) is 0 Å². The number of halogens is 2. The summed E-state index contributed by atoms with van der Waals surface area (Å²) in [5.41, 5.74) is 4.65. The first-order chi connectivity index (χ1) is 19.5. The van der Waals surface area contributed by atoms with Gasteiger partial charge in [0.05, 0.1) is 17.3 Å². The second kappa shape index (κ2) is 11.3. The molecule has 9 heteroatoms. The zero-order valence-corrected chi connectivity index (χ0v) is 22.7. The number of pyridine rings is 2. The summed E-state index contributed by atoms with van der Waals surface area (Å²) in [7, 11) is 2.18. The van der Waals surface area contributed by atoms with E-state index in [9.17, 15) is 14.0 Å². The highest BCUT2D eigenvalue weighted by atomic mass is 19.1. The standard InChI is InChI=1S/C31H33F2N7/c1-37-10-3-4-22(9-11-37)24-16-26(31-25(17-34)19-36-40(31)20-24)23-7-8-30(35-18-23)39-14-12-38(13-15-39)21-27-28(32)5-2-6-29(27)33/h2,5-8,16,18-20,22H,3-4,9-15,21H2,1H3. The van der Waals surface area contributed by atoms with Gasteiger partial charge in [-0.3, -0.25) is 4.90 Å². The van der Waals surface area contributed by atoms with Crippen LogP contribution in [0, 0.1) is 23.0 Å². The molecule has 4 aromatic rings. The molecule has 0 N–H and O–H groups in total. The molecule has 0 bridgehead atoms. The number of hydrogen-bond donors (Lipinski definition) is 0. The van der Waals surface area contributed by atoms with E-state index in [1.54, 1.807) is 6.20 Å². The van der Waals surface area contributed by atoms with Crippen LogP contribution in [0.1, 0.15) is 41.9 Å². The highest BCUT2D eigenvalue weighted by Crippen LogP contribution is 2.34. The number of likely N-dealkylation sites (tertiary alicyclic amines) is 1. The van der Waals surface area contributed by atoms with E-state index in [1.807, 2.05) is 16.8 Å². The maximum atomic E-state index is 14.1. The molecule has 5 heterocycles. The van der Waals surface area contributed by atoms with E-state index < -0.39 is 11.6 Å². The molecule has 0 spiro atoms. The van der Waals surface area contributed by atoms with E-state index in [-0.39, 0.29) is 12.1 Å². The Kier molecular flexibility index (Phi) is 7.46. The van der Waals surface area contributed by atoms with Gasteiger partial charge in [-0.2, -0.15) is 10.4 Å². The summed E-state index contributed by atoms with van der Waals surface area (Å²) in [6.45, 7) is 5.27. The molecule has 0 aliphatic carbocycles. The summed E-state index contributed by atoms with van der Waals surface area (Å²) >= 11 is 0. The minimum absolute atomic E-state index is 0.124. The average Bonchev–Trinajstić information content (AvgIpc) is 3.27. The summed E-state index contributed by atoms with van der Waals surface area (Å²) in [6.07, 6.45) is 9.00. The van der Waals surface area contributed by atoms with Crippen molar-refractivity contribution in [3.63, 3.8) is 0 Å². The largest absolute Gasteiger partial charge is 0.354 e. The van der Waals surface area contributed by atoms with Crippen molar-refractivity contribution in [1.82, 2.24) is 24.4 Å². The molecule has 40 heavy (non-hydrogen) atoms. The van der Waals surface area contributed by atoms with Crippen LogP contribution in [0.4, 0.5) is 14.6 Å². The smallest absolute Gasteiger partial charge is 0.130 e. The molecule has 3 aromatic heterocycles. The van der Waals surface area contributed by atoms with Crippen LogP contribution >= 0.6 is 0 Å². The Morgan fingerprint density at radius 2 is 1.77 bits per heavy atom. The molecule has 2 saturated heterocycles. The molecule has 2 aliphatic heterocycles. The first kappa shape index (κ1) is 26.4. The normalized spacial score (nSPS) is 19.1. The molecule has 0 saturated carbocycles. The summed E-state index contributed by atoms with van der Waals surface area (Å²) in [5, 5.41) is 14.3. The monoisotopic (exact) mass is 541 g/mol. The van der Waals surface area contributed by atoms with E-state index in [0.717, 1.165) is 67.9 Å². The van der Waals surface area contributed by atoms with Gasteiger partial charge < -0.3 is 9.80 Å². The molecule has 2 aliphatic rings. The lowest BCUT2D eigenvalue weighted by Gasteiger charge is -2.35. The van der Waals surface area contributed by atoms with Gasteiger partial charge in [0, 0.05) is 61.8 Å². The van der Waals surface area contributed by atoms with Crippen LogP contribution in [0.15, 0.2) is 55.0 Å². The van der Waals surface area contributed by atoms with E-state index >= 15 is 0 Å². The van der Waals surface area contributed by atoms with Gasteiger partial charge in [-0.1, -0.05) is 6.07 Å². The van der Waals surface area contributed by atoms with Gasteiger partial charge in [0.1, 0.15) is 23.5 Å². The third-order valence-corrected chi connectivity index (χ3v) is 8.38. The number of fused-ring (bicyclic) bond motifs is 1. The SMILES string of the molecule is CN1CCCC(c2cc(-c3ccc(N4CCN(Cc5c(F)cccc5F)CC4)nc3)c3c(C#N)cnn3c2)CC1. The molecule has 7 nitrogen and oxygen atoms in total. The average molecular weight is 542 g/mol. The van der Waals surface area contributed by atoms with Crippen LogP contribution in [0.25, 0.3) is 16.6 Å². The summed E-state index contributed by atoms with van der Waals surface area (Å²) in [6, 6.07) is 12.6. The zero-order chi connectivity index (χ0) is 27.6. The quantitative estimate of drug-likeness (QED) is 0.352. The Hall–Kier alpha value is -3.87. The van der Waals surface area contributed by atoms with Crippen molar-refractivity contribution in [1.29, 1.82) is 5.26 Å². The van der Waals surface area contributed by atoms with Gasteiger partial charge in [0.25, 0.3) is 0 Å². The highest BCUT2D eigenvalue weighted by Gasteiger charge is 2.23. The number of aromatic nitrogens is 3. The van der Waals surface area contributed by atoms with Gasteiger partial charge in [0.2, 0.25) is 0 Å². The Morgan fingerprint density at radius 3 is 2.50 bits per heavy atom. The maximum Gasteiger partial charge on any atom is 0.130 e. The Bertz CT molecular complexity index is 1510. The molecule has 2 fully saturated rings. The van der Waals surface area contributed by atoms with Crippen molar-refractivity contribution in [2.45, 2.75) is 31.7 Å². The first-order valence-electron chi connectivity index (χ1n) is 14.0. The highest BCUT2D eigenvalue weighted by molar-refractivity contribution is 5.84. The number of benzene rings is 1. The minimum atomic E-state index is -0.498. The minimum Gasteiger partial charge on any atom is -0.354 e. The molecule has 0 radical (unpaired) electrons. The van der Waals surface area contributed by atoms with E-state index in [0.29, 0.717) is 24.6 Å². The zero-order valence-electron chi connectivity index (χ0n) is 22.7. The van der Waals surface area contributed by atoms with Gasteiger partial charge in [-0.25, -0.2) is 18.3 Å². The van der Waals surface area contributed by atoms with Crippen molar-refractivity contribution in [2.24, 2.45) is 0 Å². The number of piperazine rings is 1. The number of nitriles is 1. The molecule has 1 unspecified atom stereocenters. The predicted molar refractivity (Wildman–Crippen MR) is 151 cm³/mol. The predicted octanol–water partition coefficient (Wildman–Crippen LogP) is 5.07. The van der Waals surface area contributed by atoms with E-state index in [1.165, 1.54) is 23.8 Å². The Balaban J connectivity index is 1.21. The van der Waals surface area contributed by atoms with Gasteiger partial charge >= 0.3 is 0 Å². The number of rotatable bonds is 5. The van der Waals surface area contributed by atoms with Crippen LogP contribution in [-0.4, -0.2) is 70.7 Å². The first-order valence-corrected chi connectivity index (χ1v) is 14.0. The molecular weight excluding hydrogens is 508 g/mol. The topological polar surface area (TPSA) is 63.7 Å². The van der Waals surface area contributed by atoms with Gasteiger partial charge in [0.15, 0.2) is 0 Å². The number of hydrogen-bond acceptors (Lipinski definition) is 6. The fraction of sp³-hybridized carbons (Fsp3) is 0.387. The van der Waals surface area contributed by atoms with Crippen LogP contribution in [0.3, 0.4) is 0 Å². The van der Waals surface area contributed by atoms with Crippen molar-refractivity contribution in [3.8, 4) is 17.2 Å². The molecule has 0 amide bonds. The van der Waals surface area contributed by atoms with Crippen molar-refractivity contribution in [2.75, 3.05) is 51.2 Å². The van der Waals surface area contributed by atoms with Gasteiger partial charge in [-0.15, -0.1) is 0 Å². The van der Waals surface area contributed by atoms with Crippen molar-refractivity contribution in [3.05, 3.63) is 83.3 Å². The molecule has 1 aromatic carbocycles. The third-order valence-electron chi connectivity index (χ3n) is 8.38. The second-order valence-corrected chi connectivity index (χ2v) is 10.9. The fourth-order valence-corrected chi connectivity index (χ4v) is 6.02. The third kappa shape index (κ3) is 5.29. The lowest BCUT2D eigenvalue weighted by Crippen LogP contribution is -2.46. The number of anilines is 1. The second-order valence-electron chi connectivity index (χ2n) is 10.9. The molecule has 1 atom stereocenters. The number of nitrogens with zero attached hydrogens (tertiary/aromatic N) is 7. The lowest BCUT2D eigenvalue weighted by atomic mass is 9.91. The van der Waals surface area contributed by atoms with E-state index in [2.05, 4.69) is 51.2 Å². The summed E-state index contributed by atoms with van der Waals surface area (Å²) in [4.78, 5) is 11.5.